The molecule has 22 heavy (non-hydrogen) atoms. The third-order valence-electron chi connectivity index (χ3n) is 3.79. The van der Waals surface area contributed by atoms with Crippen molar-refractivity contribution in [2.24, 2.45) is 0 Å². The monoisotopic (exact) mass is 361 g/mol. The first kappa shape index (κ1) is 18.8. The highest BCUT2D eigenvalue weighted by atomic mass is 79.9. The third kappa shape index (κ3) is 4.88. The van der Waals surface area contributed by atoms with Crippen molar-refractivity contribution in [3.63, 3.8) is 0 Å². The number of hydrogen-bond donors (Lipinski definition) is 1. The molecule has 0 amide bonds. The van der Waals surface area contributed by atoms with Crippen LogP contribution < -0.4 is 5.32 Å². The average molecular weight is 362 g/mol. The van der Waals surface area contributed by atoms with Gasteiger partial charge < -0.3 is 5.32 Å². The fourth-order valence-corrected chi connectivity index (χ4v) is 2.27. The maximum absolute atomic E-state index is 3.46. The van der Waals surface area contributed by atoms with E-state index in [1.165, 1.54) is 11.1 Å². The Hall–Kier alpha value is -1.28. The Labute approximate surface area is 145 Å². The second kappa shape index (κ2) is 6.87. The summed E-state index contributed by atoms with van der Waals surface area (Å²) in [5.41, 5.74) is 5.38. The van der Waals surface area contributed by atoms with Crippen LogP contribution in [-0.4, -0.2) is 0 Å². The lowest BCUT2D eigenvalue weighted by atomic mass is 9.87. The minimum Gasteiger partial charge on any atom is -0.356 e. The molecule has 0 unspecified atom stereocenters. The molecule has 2 heteroatoms. The van der Waals surface area contributed by atoms with Crippen LogP contribution in [0.3, 0.4) is 0 Å². The van der Waals surface area contributed by atoms with Gasteiger partial charge in [0.2, 0.25) is 0 Å². The van der Waals surface area contributed by atoms with Crippen molar-refractivity contribution in [2.75, 3.05) is 5.32 Å². The molecule has 2 aromatic carbocycles. The van der Waals surface area contributed by atoms with Gasteiger partial charge in [0, 0.05) is 11.4 Å². The van der Waals surface area contributed by atoms with E-state index in [4.69, 9.17) is 0 Å². The summed E-state index contributed by atoms with van der Waals surface area (Å²) >= 11 is 0. The van der Waals surface area contributed by atoms with Gasteiger partial charge >= 0.3 is 0 Å². The Balaban J connectivity index is 0.00000242. The Morgan fingerprint density at radius 1 is 0.545 bits per heavy atom. The normalized spacial score (nSPS) is 11.7. The van der Waals surface area contributed by atoms with Gasteiger partial charge in [-0.1, -0.05) is 65.8 Å². The van der Waals surface area contributed by atoms with Crippen LogP contribution in [0.15, 0.2) is 48.5 Å². The minimum atomic E-state index is 0. The van der Waals surface area contributed by atoms with Gasteiger partial charge in [0.15, 0.2) is 0 Å². The van der Waals surface area contributed by atoms with E-state index in [1.54, 1.807) is 0 Å². The van der Waals surface area contributed by atoms with E-state index in [1.807, 2.05) is 0 Å². The van der Waals surface area contributed by atoms with Gasteiger partial charge in [-0.15, -0.1) is 17.0 Å². The lowest BCUT2D eigenvalue weighted by Crippen LogP contribution is -2.11. The molecule has 0 fully saturated rings. The van der Waals surface area contributed by atoms with E-state index in [9.17, 15) is 0 Å². The molecule has 0 aliphatic heterocycles. The van der Waals surface area contributed by atoms with Crippen molar-refractivity contribution in [1.82, 2.24) is 0 Å². The summed E-state index contributed by atoms with van der Waals surface area (Å²) in [6, 6.07) is 17.4. The molecule has 1 nitrogen and oxygen atoms in total. The molecule has 1 N–H and O–H groups in total. The Morgan fingerprint density at radius 3 is 1.05 bits per heavy atom. The summed E-state index contributed by atoms with van der Waals surface area (Å²) in [4.78, 5) is 0. The van der Waals surface area contributed by atoms with E-state index < -0.39 is 0 Å². The first-order valence-corrected chi connectivity index (χ1v) is 7.64. The van der Waals surface area contributed by atoms with Gasteiger partial charge in [-0.05, 0) is 46.2 Å². The van der Waals surface area contributed by atoms with Gasteiger partial charge in [0.05, 0.1) is 0 Å². The van der Waals surface area contributed by atoms with Crippen molar-refractivity contribution < 1.29 is 0 Å². The van der Waals surface area contributed by atoms with Crippen molar-refractivity contribution in [3.8, 4) is 0 Å². The number of benzene rings is 2. The second-order valence-corrected chi connectivity index (χ2v) is 7.78. The first-order chi connectivity index (χ1) is 9.66. The van der Waals surface area contributed by atoms with E-state index in [2.05, 4.69) is 95.4 Å². The zero-order chi connectivity index (χ0) is 15.7. The van der Waals surface area contributed by atoms with Gasteiger partial charge in [0.1, 0.15) is 0 Å². The van der Waals surface area contributed by atoms with Gasteiger partial charge in [-0.2, -0.15) is 0 Å². The zero-order valence-corrected chi connectivity index (χ0v) is 16.2. The maximum atomic E-state index is 3.46. The molecular formula is C20H28BrN. The molecule has 0 aliphatic rings. The van der Waals surface area contributed by atoms with Crippen LogP contribution in [0.5, 0.6) is 0 Å². The van der Waals surface area contributed by atoms with E-state index >= 15 is 0 Å². The van der Waals surface area contributed by atoms with Crippen molar-refractivity contribution in [2.45, 2.75) is 52.4 Å². The summed E-state index contributed by atoms with van der Waals surface area (Å²) in [6.07, 6.45) is 0. The molecule has 0 atom stereocenters. The molecule has 0 aromatic heterocycles. The smallest absolute Gasteiger partial charge is 0.0384 e. The molecule has 120 valence electrons. The van der Waals surface area contributed by atoms with E-state index in [0.29, 0.717) is 0 Å². The van der Waals surface area contributed by atoms with Crippen molar-refractivity contribution in [3.05, 3.63) is 59.7 Å². The number of nitrogens with one attached hydrogen (secondary N) is 1. The lowest BCUT2D eigenvalue weighted by molar-refractivity contribution is 0.590. The van der Waals surface area contributed by atoms with Crippen LogP contribution in [-0.2, 0) is 10.8 Å². The molecule has 0 bridgehead atoms. The van der Waals surface area contributed by atoms with E-state index in [0.717, 1.165) is 11.4 Å². The molecule has 0 spiro atoms. The van der Waals surface area contributed by atoms with Crippen LogP contribution >= 0.6 is 17.0 Å². The molecule has 0 radical (unpaired) electrons. The predicted octanol–water partition coefficient (Wildman–Crippen LogP) is 6.60. The van der Waals surface area contributed by atoms with Crippen LogP contribution in [0.4, 0.5) is 11.4 Å². The molecule has 2 aromatic rings. The SMILES string of the molecule is Br.CC(C)(C)c1ccc(Nc2ccc(C(C)(C)C)cc2)cc1. The number of hydrogen-bond acceptors (Lipinski definition) is 1. The van der Waals surface area contributed by atoms with Crippen LogP contribution in [0.2, 0.25) is 0 Å². The highest BCUT2D eigenvalue weighted by Gasteiger charge is 2.14. The second-order valence-electron chi connectivity index (χ2n) is 7.78. The minimum absolute atomic E-state index is 0. The molecular weight excluding hydrogens is 334 g/mol. The van der Waals surface area contributed by atoms with Gasteiger partial charge in [-0.25, -0.2) is 0 Å². The summed E-state index contributed by atoms with van der Waals surface area (Å²) < 4.78 is 0. The number of halogens is 1. The van der Waals surface area contributed by atoms with Crippen molar-refractivity contribution in [1.29, 1.82) is 0 Å². The van der Waals surface area contributed by atoms with Crippen LogP contribution in [0, 0.1) is 0 Å². The topological polar surface area (TPSA) is 12.0 Å². The quantitative estimate of drug-likeness (QED) is 0.634. The molecule has 0 heterocycles. The highest BCUT2D eigenvalue weighted by Crippen LogP contribution is 2.27. The predicted molar refractivity (Wildman–Crippen MR) is 104 cm³/mol. The van der Waals surface area contributed by atoms with Gasteiger partial charge in [0.25, 0.3) is 0 Å². The molecule has 2 rings (SSSR count). The van der Waals surface area contributed by atoms with E-state index in [-0.39, 0.29) is 27.8 Å². The fourth-order valence-electron chi connectivity index (χ4n) is 2.27. The Kier molecular flexibility index (Phi) is 5.86. The maximum Gasteiger partial charge on any atom is 0.0384 e. The van der Waals surface area contributed by atoms with Crippen LogP contribution in [0.25, 0.3) is 0 Å². The summed E-state index contributed by atoms with van der Waals surface area (Å²) in [5.74, 6) is 0. The summed E-state index contributed by atoms with van der Waals surface area (Å²) in [5, 5.41) is 3.46. The number of rotatable bonds is 2. The highest BCUT2D eigenvalue weighted by molar-refractivity contribution is 8.93. The van der Waals surface area contributed by atoms with Crippen LogP contribution in [0.1, 0.15) is 52.7 Å². The molecule has 0 saturated heterocycles. The fraction of sp³-hybridized carbons (Fsp3) is 0.400. The molecule has 0 saturated carbocycles. The average Bonchev–Trinajstić information content (AvgIpc) is 2.38. The molecule has 0 aliphatic carbocycles. The zero-order valence-electron chi connectivity index (χ0n) is 14.5. The first-order valence-electron chi connectivity index (χ1n) is 7.64. The Morgan fingerprint density at radius 2 is 0.818 bits per heavy atom. The van der Waals surface area contributed by atoms with Gasteiger partial charge in [-0.3, -0.25) is 0 Å². The number of anilines is 2. The third-order valence-corrected chi connectivity index (χ3v) is 3.79. The largest absolute Gasteiger partial charge is 0.356 e. The van der Waals surface area contributed by atoms with Crippen molar-refractivity contribution >= 4 is 28.4 Å². The summed E-state index contributed by atoms with van der Waals surface area (Å²) in [7, 11) is 0. The lowest BCUT2D eigenvalue weighted by Gasteiger charge is -2.20. The summed E-state index contributed by atoms with van der Waals surface area (Å²) in [6.45, 7) is 13.4. The Bertz CT molecular complexity index is 528. The standard InChI is InChI=1S/C20H27N.BrH/c1-19(2,3)15-7-11-17(12-8-15)21-18-13-9-16(10-14-18)20(4,5)6;/h7-14,21H,1-6H3;1H.